The summed E-state index contributed by atoms with van der Waals surface area (Å²) in [5.74, 6) is 0.767. The summed E-state index contributed by atoms with van der Waals surface area (Å²) in [6, 6.07) is 0. The van der Waals surface area contributed by atoms with E-state index in [0.29, 0.717) is 12.5 Å². The van der Waals surface area contributed by atoms with Crippen molar-refractivity contribution in [2.24, 2.45) is 5.92 Å². The molecule has 0 aromatic heterocycles. The van der Waals surface area contributed by atoms with Crippen LogP contribution in [0.25, 0.3) is 0 Å². The molecular weight excluding hydrogens is 188 g/mol. The summed E-state index contributed by atoms with van der Waals surface area (Å²) < 4.78 is 0. The lowest BCUT2D eigenvalue weighted by atomic mass is 9.94. The minimum absolute atomic E-state index is 0.123. The van der Waals surface area contributed by atoms with Crippen LogP contribution in [0, 0.1) is 5.92 Å². The molecule has 0 aromatic rings. The number of nitrogens with one attached hydrogen (secondary N) is 2. The summed E-state index contributed by atoms with van der Waals surface area (Å²) in [5, 5.41) is 6.07. The fourth-order valence-corrected chi connectivity index (χ4v) is 1.74. The molecule has 86 valence electrons. The minimum Gasteiger partial charge on any atom is -0.355 e. The molecule has 15 heavy (non-hydrogen) atoms. The van der Waals surface area contributed by atoms with Gasteiger partial charge in [0.2, 0.25) is 5.91 Å². The number of hydrogen-bond acceptors (Lipinski definition) is 2. The minimum atomic E-state index is 0.123. The molecule has 0 spiro atoms. The second-order valence-electron chi connectivity index (χ2n) is 4.13. The van der Waals surface area contributed by atoms with Gasteiger partial charge in [-0.3, -0.25) is 4.79 Å². The Hall–Kier alpha value is -0.830. The van der Waals surface area contributed by atoms with Gasteiger partial charge in [0.15, 0.2) is 0 Å². The van der Waals surface area contributed by atoms with Crippen LogP contribution in [0.3, 0.4) is 0 Å². The van der Waals surface area contributed by atoms with Crippen molar-refractivity contribution in [2.45, 2.75) is 32.6 Å². The first kappa shape index (κ1) is 12.2. The van der Waals surface area contributed by atoms with E-state index in [2.05, 4.69) is 29.7 Å². The zero-order chi connectivity index (χ0) is 10.9. The molecule has 0 saturated carbocycles. The number of rotatable bonds is 6. The lowest BCUT2D eigenvalue weighted by Gasteiger charge is -2.18. The van der Waals surface area contributed by atoms with E-state index in [9.17, 15) is 4.79 Å². The highest BCUT2D eigenvalue weighted by molar-refractivity contribution is 5.77. The number of carbonyl (C=O) groups is 1. The van der Waals surface area contributed by atoms with Crippen molar-refractivity contribution in [1.82, 2.24) is 10.6 Å². The van der Waals surface area contributed by atoms with E-state index in [1.807, 2.05) is 0 Å². The Morgan fingerprint density at radius 2 is 2.33 bits per heavy atom. The van der Waals surface area contributed by atoms with Gasteiger partial charge in [-0.1, -0.05) is 19.1 Å². The zero-order valence-electron chi connectivity index (χ0n) is 9.59. The Labute approximate surface area is 92.3 Å². The Bertz CT molecular complexity index is 214. The molecule has 0 aliphatic heterocycles. The van der Waals surface area contributed by atoms with E-state index in [1.54, 1.807) is 0 Å². The summed E-state index contributed by atoms with van der Waals surface area (Å²) in [5.41, 5.74) is 0. The molecule has 1 rings (SSSR count). The molecule has 1 atom stereocenters. The van der Waals surface area contributed by atoms with Gasteiger partial charge in [-0.05, 0) is 38.1 Å². The van der Waals surface area contributed by atoms with E-state index >= 15 is 0 Å². The zero-order valence-corrected chi connectivity index (χ0v) is 9.59. The third kappa shape index (κ3) is 5.57. The Morgan fingerprint density at radius 1 is 1.47 bits per heavy atom. The molecule has 0 aromatic carbocycles. The maximum atomic E-state index is 11.4. The standard InChI is InChI=1S/C12H22N2O/c1-2-8-13-10-12(15)14-9-11-6-4-3-5-7-11/h3-4,11,13H,2,5-10H2,1H3,(H,14,15). The lowest BCUT2D eigenvalue weighted by Crippen LogP contribution is -2.37. The number of hydrogen-bond donors (Lipinski definition) is 2. The summed E-state index contributed by atoms with van der Waals surface area (Å²) in [6.07, 6.45) is 8.99. The van der Waals surface area contributed by atoms with Crippen molar-refractivity contribution in [2.75, 3.05) is 19.6 Å². The van der Waals surface area contributed by atoms with Crippen LogP contribution < -0.4 is 10.6 Å². The normalized spacial score (nSPS) is 20.2. The fraction of sp³-hybridized carbons (Fsp3) is 0.750. The summed E-state index contributed by atoms with van der Waals surface area (Å²) in [7, 11) is 0. The predicted octanol–water partition coefficient (Wildman–Crippen LogP) is 1.46. The molecule has 2 N–H and O–H groups in total. The van der Waals surface area contributed by atoms with Crippen LogP contribution in [0.5, 0.6) is 0 Å². The molecule has 0 heterocycles. The van der Waals surface area contributed by atoms with Crippen LogP contribution >= 0.6 is 0 Å². The van der Waals surface area contributed by atoms with Crippen molar-refractivity contribution in [1.29, 1.82) is 0 Å². The van der Waals surface area contributed by atoms with E-state index in [1.165, 1.54) is 6.42 Å². The van der Waals surface area contributed by atoms with Gasteiger partial charge in [0.05, 0.1) is 6.54 Å². The van der Waals surface area contributed by atoms with Gasteiger partial charge in [-0.15, -0.1) is 0 Å². The first-order valence-electron chi connectivity index (χ1n) is 5.95. The summed E-state index contributed by atoms with van der Waals surface area (Å²) in [4.78, 5) is 11.4. The molecular formula is C12H22N2O. The van der Waals surface area contributed by atoms with Crippen LogP contribution in [0.4, 0.5) is 0 Å². The van der Waals surface area contributed by atoms with E-state index in [-0.39, 0.29) is 5.91 Å². The van der Waals surface area contributed by atoms with Crippen molar-refractivity contribution >= 4 is 5.91 Å². The highest BCUT2D eigenvalue weighted by Gasteiger charge is 2.10. The van der Waals surface area contributed by atoms with Crippen LogP contribution in [0.2, 0.25) is 0 Å². The quantitative estimate of drug-likeness (QED) is 0.515. The van der Waals surface area contributed by atoms with Gasteiger partial charge in [0.25, 0.3) is 0 Å². The van der Waals surface area contributed by atoms with Crippen molar-refractivity contribution in [3.8, 4) is 0 Å². The average molecular weight is 210 g/mol. The highest BCUT2D eigenvalue weighted by atomic mass is 16.1. The second-order valence-corrected chi connectivity index (χ2v) is 4.13. The van der Waals surface area contributed by atoms with E-state index in [0.717, 1.165) is 32.4 Å². The van der Waals surface area contributed by atoms with Gasteiger partial charge in [0.1, 0.15) is 0 Å². The second kappa shape index (κ2) is 7.46. The Morgan fingerprint density at radius 3 is 3.00 bits per heavy atom. The number of allylic oxidation sites excluding steroid dienone is 2. The van der Waals surface area contributed by atoms with Crippen molar-refractivity contribution in [3.63, 3.8) is 0 Å². The number of amides is 1. The molecule has 1 amide bonds. The topological polar surface area (TPSA) is 41.1 Å². The van der Waals surface area contributed by atoms with Gasteiger partial charge in [0, 0.05) is 6.54 Å². The van der Waals surface area contributed by atoms with Crippen LogP contribution in [0.1, 0.15) is 32.6 Å². The first-order chi connectivity index (χ1) is 7.33. The summed E-state index contributed by atoms with van der Waals surface area (Å²) in [6.45, 7) is 4.30. The summed E-state index contributed by atoms with van der Waals surface area (Å²) >= 11 is 0. The molecule has 0 saturated heterocycles. The van der Waals surface area contributed by atoms with Crippen LogP contribution in [-0.2, 0) is 4.79 Å². The smallest absolute Gasteiger partial charge is 0.233 e. The molecule has 3 nitrogen and oxygen atoms in total. The van der Waals surface area contributed by atoms with E-state index in [4.69, 9.17) is 0 Å². The van der Waals surface area contributed by atoms with Crippen molar-refractivity contribution < 1.29 is 4.79 Å². The third-order valence-corrected chi connectivity index (χ3v) is 2.68. The van der Waals surface area contributed by atoms with Gasteiger partial charge in [-0.2, -0.15) is 0 Å². The van der Waals surface area contributed by atoms with Crippen molar-refractivity contribution in [3.05, 3.63) is 12.2 Å². The molecule has 0 radical (unpaired) electrons. The maximum Gasteiger partial charge on any atom is 0.233 e. The molecule has 1 unspecified atom stereocenters. The number of carbonyl (C=O) groups excluding carboxylic acids is 1. The van der Waals surface area contributed by atoms with Gasteiger partial charge in [-0.25, -0.2) is 0 Å². The Balaban J connectivity index is 2.03. The molecule has 0 fully saturated rings. The molecule has 1 aliphatic carbocycles. The monoisotopic (exact) mass is 210 g/mol. The maximum absolute atomic E-state index is 11.4. The Kier molecular flexibility index (Phi) is 6.09. The molecule has 0 bridgehead atoms. The molecule has 1 aliphatic rings. The van der Waals surface area contributed by atoms with Crippen LogP contribution in [0.15, 0.2) is 12.2 Å². The first-order valence-corrected chi connectivity index (χ1v) is 5.95. The van der Waals surface area contributed by atoms with Gasteiger partial charge >= 0.3 is 0 Å². The largest absolute Gasteiger partial charge is 0.355 e. The lowest BCUT2D eigenvalue weighted by molar-refractivity contribution is -0.120. The third-order valence-electron chi connectivity index (χ3n) is 2.68. The molecule has 3 heteroatoms. The van der Waals surface area contributed by atoms with Gasteiger partial charge < -0.3 is 10.6 Å². The fourth-order valence-electron chi connectivity index (χ4n) is 1.74. The predicted molar refractivity (Wildman–Crippen MR) is 62.7 cm³/mol. The van der Waals surface area contributed by atoms with Crippen LogP contribution in [-0.4, -0.2) is 25.5 Å². The van der Waals surface area contributed by atoms with E-state index < -0.39 is 0 Å². The highest BCUT2D eigenvalue weighted by Crippen LogP contribution is 2.16. The average Bonchev–Trinajstić information content (AvgIpc) is 2.28. The SMILES string of the molecule is CCCNCC(=O)NCC1CC=CCC1.